The first-order chi connectivity index (χ1) is 14.5. The molecule has 2 aliphatic heterocycles. The zero-order chi connectivity index (χ0) is 21.3. The van der Waals surface area contributed by atoms with Crippen LogP contribution in [0.25, 0.3) is 0 Å². The molecule has 0 aromatic heterocycles. The minimum Gasteiger partial charge on any atom is -0.376 e. The van der Waals surface area contributed by atoms with Crippen molar-refractivity contribution in [3.05, 3.63) is 29.8 Å². The van der Waals surface area contributed by atoms with Gasteiger partial charge in [-0.25, -0.2) is 4.79 Å². The van der Waals surface area contributed by atoms with E-state index in [9.17, 15) is 9.59 Å². The lowest BCUT2D eigenvalue weighted by molar-refractivity contribution is -0.147. The van der Waals surface area contributed by atoms with Crippen LogP contribution in [0.15, 0.2) is 24.3 Å². The van der Waals surface area contributed by atoms with Crippen LogP contribution in [0.1, 0.15) is 44.6 Å². The molecule has 3 rings (SSSR count). The van der Waals surface area contributed by atoms with E-state index < -0.39 is 6.10 Å². The van der Waals surface area contributed by atoms with Crippen LogP contribution in [0.2, 0.25) is 0 Å². The van der Waals surface area contributed by atoms with Crippen LogP contribution in [0, 0.1) is 12.8 Å². The Bertz CT molecular complexity index is 688. The van der Waals surface area contributed by atoms with Crippen LogP contribution in [0.3, 0.4) is 0 Å². The van der Waals surface area contributed by atoms with Gasteiger partial charge in [0.25, 0.3) is 5.91 Å². The molecule has 0 radical (unpaired) electrons. The number of anilines is 1. The fourth-order valence-electron chi connectivity index (χ4n) is 4.00. The van der Waals surface area contributed by atoms with E-state index in [0.717, 1.165) is 56.5 Å². The number of urea groups is 1. The average Bonchev–Trinajstić information content (AvgIpc) is 2.78. The van der Waals surface area contributed by atoms with Crippen LogP contribution in [-0.2, 0) is 14.3 Å². The Morgan fingerprint density at radius 3 is 2.73 bits per heavy atom. The molecular formula is C23H35N3O4. The van der Waals surface area contributed by atoms with E-state index in [1.54, 1.807) is 0 Å². The quantitative estimate of drug-likeness (QED) is 0.713. The molecule has 3 atom stereocenters. The van der Waals surface area contributed by atoms with E-state index in [-0.39, 0.29) is 24.0 Å². The minimum atomic E-state index is -0.466. The Morgan fingerprint density at radius 2 is 2.00 bits per heavy atom. The molecule has 30 heavy (non-hydrogen) atoms. The first-order valence-electron chi connectivity index (χ1n) is 11.1. The third-order valence-electron chi connectivity index (χ3n) is 5.85. The van der Waals surface area contributed by atoms with Crippen LogP contribution >= 0.6 is 0 Å². The Hall–Kier alpha value is -2.12. The molecule has 0 spiro atoms. The molecule has 2 N–H and O–H groups in total. The Morgan fingerprint density at radius 1 is 1.20 bits per heavy atom. The standard InChI is InChI=1S/C23H35N3O4/c1-17-8-10-20(11-9-17)25-23(28)24-14-19-6-5-12-26(15-19)22(27)18(2)30-16-21-7-3-4-13-29-21/h8-11,18-19,21H,3-7,12-16H2,1-2H3,(H2,24,25,28). The Labute approximate surface area is 179 Å². The normalized spacial score (nSPS) is 22.9. The second kappa shape index (κ2) is 11.3. The molecule has 0 aliphatic carbocycles. The lowest BCUT2D eigenvalue weighted by Gasteiger charge is -2.34. The van der Waals surface area contributed by atoms with Crippen LogP contribution < -0.4 is 10.6 Å². The molecule has 2 saturated heterocycles. The maximum atomic E-state index is 12.8. The van der Waals surface area contributed by atoms with Crippen molar-refractivity contribution in [2.45, 2.75) is 58.2 Å². The highest BCUT2D eigenvalue weighted by Gasteiger charge is 2.28. The zero-order valence-electron chi connectivity index (χ0n) is 18.2. The van der Waals surface area contributed by atoms with E-state index in [2.05, 4.69) is 10.6 Å². The molecule has 2 fully saturated rings. The van der Waals surface area contributed by atoms with E-state index in [4.69, 9.17) is 9.47 Å². The number of piperidine rings is 1. The van der Waals surface area contributed by atoms with Gasteiger partial charge in [0.2, 0.25) is 0 Å². The van der Waals surface area contributed by atoms with Crippen molar-refractivity contribution in [1.29, 1.82) is 0 Å². The monoisotopic (exact) mass is 417 g/mol. The number of likely N-dealkylation sites (tertiary alicyclic amines) is 1. The summed E-state index contributed by atoms with van der Waals surface area (Å²) in [4.78, 5) is 26.8. The zero-order valence-corrected chi connectivity index (χ0v) is 18.2. The topological polar surface area (TPSA) is 79.9 Å². The van der Waals surface area contributed by atoms with Crippen molar-refractivity contribution in [2.75, 3.05) is 38.2 Å². The van der Waals surface area contributed by atoms with Gasteiger partial charge in [0, 0.05) is 31.9 Å². The number of amides is 3. The van der Waals surface area contributed by atoms with Crippen LogP contribution in [-0.4, -0.2) is 61.9 Å². The molecule has 7 heteroatoms. The van der Waals surface area contributed by atoms with Crippen molar-refractivity contribution in [3.8, 4) is 0 Å². The lowest BCUT2D eigenvalue weighted by Crippen LogP contribution is -2.48. The minimum absolute atomic E-state index is 0.0274. The van der Waals surface area contributed by atoms with Gasteiger partial charge in [-0.1, -0.05) is 17.7 Å². The van der Waals surface area contributed by atoms with E-state index in [1.165, 1.54) is 0 Å². The van der Waals surface area contributed by atoms with Crippen molar-refractivity contribution in [3.63, 3.8) is 0 Å². The van der Waals surface area contributed by atoms with Crippen molar-refractivity contribution >= 4 is 17.6 Å². The summed E-state index contributed by atoms with van der Waals surface area (Å²) >= 11 is 0. The number of aryl methyl sites for hydroxylation is 1. The molecule has 3 unspecified atom stereocenters. The van der Waals surface area contributed by atoms with Gasteiger partial charge < -0.3 is 25.0 Å². The summed E-state index contributed by atoms with van der Waals surface area (Å²) in [5.74, 6) is 0.278. The number of ether oxygens (including phenoxy) is 2. The number of benzene rings is 1. The SMILES string of the molecule is Cc1ccc(NC(=O)NCC2CCCN(C(=O)C(C)OCC3CCCCO3)C2)cc1. The van der Waals surface area contributed by atoms with Gasteiger partial charge in [-0.05, 0) is 64.0 Å². The number of nitrogens with zero attached hydrogens (tertiary/aromatic N) is 1. The van der Waals surface area contributed by atoms with Gasteiger partial charge in [-0.15, -0.1) is 0 Å². The summed E-state index contributed by atoms with van der Waals surface area (Å²) in [6, 6.07) is 7.48. The van der Waals surface area contributed by atoms with Crippen LogP contribution in [0.4, 0.5) is 10.5 Å². The fourth-order valence-corrected chi connectivity index (χ4v) is 4.00. The first kappa shape index (κ1) is 22.6. The Balaban J connectivity index is 1.38. The first-order valence-corrected chi connectivity index (χ1v) is 11.1. The maximum Gasteiger partial charge on any atom is 0.319 e. The molecule has 7 nitrogen and oxygen atoms in total. The molecular weight excluding hydrogens is 382 g/mol. The summed E-state index contributed by atoms with van der Waals surface area (Å²) in [5.41, 5.74) is 1.92. The lowest BCUT2D eigenvalue weighted by atomic mass is 9.97. The second-order valence-corrected chi connectivity index (χ2v) is 8.46. The predicted molar refractivity (Wildman–Crippen MR) is 117 cm³/mol. The molecule has 2 heterocycles. The molecule has 3 amide bonds. The maximum absolute atomic E-state index is 12.8. The fraction of sp³-hybridized carbons (Fsp3) is 0.652. The van der Waals surface area contributed by atoms with E-state index in [1.807, 2.05) is 43.0 Å². The van der Waals surface area contributed by atoms with Crippen molar-refractivity contribution < 1.29 is 19.1 Å². The molecule has 0 saturated carbocycles. The Kier molecular flexibility index (Phi) is 8.51. The summed E-state index contributed by atoms with van der Waals surface area (Å²) in [6.07, 6.45) is 4.86. The van der Waals surface area contributed by atoms with E-state index in [0.29, 0.717) is 19.7 Å². The summed E-state index contributed by atoms with van der Waals surface area (Å²) in [6.45, 7) is 7.04. The highest BCUT2D eigenvalue weighted by molar-refractivity contribution is 5.89. The van der Waals surface area contributed by atoms with Gasteiger partial charge in [-0.3, -0.25) is 4.79 Å². The molecule has 1 aromatic carbocycles. The largest absolute Gasteiger partial charge is 0.376 e. The average molecular weight is 418 g/mol. The van der Waals surface area contributed by atoms with Crippen LogP contribution in [0.5, 0.6) is 0 Å². The second-order valence-electron chi connectivity index (χ2n) is 8.46. The number of rotatable bonds is 7. The molecule has 2 aliphatic rings. The van der Waals surface area contributed by atoms with Gasteiger partial charge >= 0.3 is 6.03 Å². The number of hydrogen-bond acceptors (Lipinski definition) is 4. The van der Waals surface area contributed by atoms with E-state index >= 15 is 0 Å². The van der Waals surface area contributed by atoms with Crippen molar-refractivity contribution in [1.82, 2.24) is 10.2 Å². The number of carbonyl (C=O) groups excluding carboxylic acids is 2. The van der Waals surface area contributed by atoms with Crippen molar-refractivity contribution in [2.24, 2.45) is 5.92 Å². The van der Waals surface area contributed by atoms with Gasteiger partial charge in [0.05, 0.1) is 12.7 Å². The number of hydrogen-bond donors (Lipinski definition) is 2. The summed E-state index contributed by atoms with van der Waals surface area (Å²) in [5, 5.41) is 5.78. The molecule has 0 bridgehead atoms. The highest BCUT2D eigenvalue weighted by Crippen LogP contribution is 2.18. The highest BCUT2D eigenvalue weighted by atomic mass is 16.5. The van der Waals surface area contributed by atoms with Gasteiger partial charge in [0.15, 0.2) is 0 Å². The molecule has 166 valence electrons. The summed E-state index contributed by atoms with van der Waals surface area (Å²) < 4.78 is 11.5. The smallest absolute Gasteiger partial charge is 0.319 e. The molecule has 1 aromatic rings. The number of nitrogens with one attached hydrogen (secondary N) is 2. The predicted octanol–water partition coefficient (Wildman–Crippen LogP) is 3.33. The third kappa shape index (κ3) is 6.99. The number of carbonyl (C=O) groups is 2. The van der Waals surface area contributed by atoms with Gasteiger partial charge in [0.1, 0.15) is 6.10 Å². The third-order valence-corrected chi connectivity index (χ3v) is 5.85. The van der Waals surface area contributed by atoms with Gasteiger partial charge in [-0.2, -0.15) is 0 Å². The summed E-state index contributed by atoms with van der Waals surface area (Å²) in [7, 11) is 0.